The van der Waals surface area contributed by atoms with Crippen LogP contribution in [0.25, 0.3) is 0 Å². The lowest BCUT2D eigenvalue weighted by molar-refractivity contribution is 0.105. The first-order valence-corrected chi connectivity index (χ1v) is 12.6. The number of thioether (sulfide) groups is 1. The van der Waals surface area contributed by atoms with Crippen LogP contribution in [0.5, 0.6) is 0 Å². The van der Waals surface area contributed by atoms with Crippen molar-refractivity contribution in [2.75, 3.05) is 32.5 Å². The van der Waals surface area contributed by atoms with Crippen LogP contribution in [0.2, 0.25) is 0 Å². The molecule has 0 aromatic carbocycles. The summed E-state index contributed by atoms with van der Waals surface area (Å²) in [7, 11) is 0. The van der Waals surface area contributed by atoms with Gasteiger partial charge < -0.3 is 24.4 Å². The average molecular weight is 449 g/mol. The second-order valence-electron chi connectivity index (χ2n) is 7.69. The van der Waals surface area contributed by atoms with Crippen molar-refractivity contribution in [2.24, 2.45) is 4.99 Å². The molecular weight excluding hydrogens is 412 g/mol. The summed E-state index contributed by atoms with van der Waals surface area (Å²) in [5.41, 5.74) is 0. The fourth-order valence-electron chi connectivity index (χ4n) is 3.86. The molecule has 1 aliphatic carbocycles. The summed E-state index contributed by atoms with van der Waals surface area (Å²) in [5, 5.41) is 16.6. The van der Waals surface area contributed by atoms with Crippen molar-refractivity contribution >= 4 is 17.7 Å². The minimum atomic E-state index is 0.519. The van der Waals surface area contributed by atoms with Gasteiger partial charge in [-0.25, -0.2) is 0 Å². The van der Waals surface area contributed by atoms with Crippen LogP contribution in [0.1, 0.15) is 63.1 Å². The maximum atomic E-state index is 5.62. The van der Waals surface area contributed by atoms with Crippen molar-refractivity contribution in [3.63, 3.8) is 0 Å². The molecule has 0 unspecified atom stereocenters. The second kappa shape index (κ2) is 13.4. The number of rotatable bonds is 13. The molecule has 2 N–H and O–H groups in total. The van der Waals surface area contributed by atoms with Crippen LogP contribution in [0.3, 0.4) is 0 Å². The molecule has 0 spiro atoms. The Labute approximate surface area is 189 Å². The fourth-order valence-corrected chi connectivity index (χ4v) is 4.44. The maximum Gasteiger partial charge on any atom is 0.191 e. The zero-order valence-corrected chi connectivity index (χ0v) is 19.6. The molecule has 3 rings (SSSR count). The highest BCUT2D eigenvalue weighted by molar-refractivity contribution is 7.98. The molecule has 1 fully saturated rings. The highest BCUT2D eigenvalue weighted by Gasteiger charge is 2.23. The number of aliphatic imine (C=N–C) groups is 1. The van der Waals surface area contributed by atoms with E-state index in [9.17, 15) is 0 Å². The van der Waals surface area contributed by atoms with E-state index in [-0.39, 0.29) is 0 Å². The zero-order valence-electron chi connectivity index (χ0n) is 18.8. The lowest BCUT2D eigenvalue weighted by atomic mass is 10.2. The van der Waals surface area contributed by atoms with Crippen LogP contribution in [0.15, 0.2) is 33.0 Å². The van der Waals surface area contributed by atoms with Gasteiger partial charge in [0, 0.05) is 38.7 Å². The Morgan fingerprint density at radius 2 is 2.16 bits per heavy atom. The predicted molar refractivity (Wildman–Crippen MR) is 125 cm³/mol. The first kappa shape index (κ1) is 23.7. The van der Waals surface area contributed by atoms with Crippen molar-refractivity contribution in [1.29, 1.82) is 0 Å². The molecule has 0 radical (unpaired) electrons. The van der Waals surface area contributed by atoms with E-state index >= 15 is 0 Å². The summed E-state index contributed by atoms with van der Waals surface area (Å²) >= 11 is 1.69. The van der Waals surface area contributed by atoms with E-state index in [1.807, 2.05) is 12.1 Å². The van der Waals surface area contributed by atoms with Gasteiger partial charge >= 0.3 is 0 Å². The number of aryl methyl sites for hydroxylation is 1. The molecule has 0 saturated heterocycles. The predicted octanol–water partition coefficient (Wildman–Crippen LogP) is 3.80. The van der Waals surface area contributed by atoms with Gasteiger partial charge in [-0.2, -0.15) is 0 Å². The van der Waals surface area contributed by atoms with Crippen molar-refractivity contribution in [2.45, 2.75) is 69.7 Å². The third-order valence-electron chi connectivity index (χ3n) is 5.36. The minimum Gasteiger partial charge on any atom is -0.467 e. The van der Waals surface area contributed by atoms with E-state index in [2.05, 4.69) is 38.6 Å². The molecule has 1 saturated carbocycles. The molecule has 0 atom stereocenters. The van der Waals surface area contributed by atoms with E-state index in [0.29, 0.717) is 19.3 Å². The van der Waals surface area contributed by atoms with Gasteiger partial charge in [0.1, 0.15) is 18.2 Å². The molecule has 9 heteroatoms. The van der Waals surface area contributed by atoms with Gasteiger partial charge in [0.2, 0.25) is 0 Å². The lowest BCUT2D eigenvalue weighted by Crippen LogP contribution is -2.38. The number of hydrogen-bond acceptors (Lipinski definition) is 6. The molecule has 2 aromatic heterocycles. The Balaban J connectivity index is 1.38. The first-order chi connectivity index (χ1) is 15.3. The van der Waals surface area contributed by atoms with Crippen molar-refractivity contribution < 1.29 is 9.15 Å². The quantitative estimate of drug-likeness (QED) is 0.208. The van der Waals surface area contributed by atoms with Crippen LogP contribution < -0.4 is 10.6 Å². The smallest absolute Gasteiger partial charge is 0.191 e. The summed E-state index contributed by atoms with van der Waals surface area (Å²) in [4.78, 5) is 4.72. The topological polar surface area (TPSA) is 89.5 Å². The van der Waals surface area contributed by atoms with Gasteiger partial charge in [0.15, 0.2) is 11.1 Å². The van der Waals surface area contributed by atoms with E-state index in [4.69, 9.17) is 14.1 Å². The van der Waals surface area contributed by atoms with Gasteiger partial charge in [-0.15, -0.1) is 10.2 Å². The lowest BCUT2D eigenvalue weighted by Gasteiger charge is -2.16. The molecule has 0 aliphatic heterocycles. The minimum absolute atomic E-state index is 0.519. The number of nitrogens with zero attached hydrogens (tertiary/aromatic N) is 4. The Hall–Kier alpha value is -2.00. The number of aromatic nitrogens is 3. The van der Waals surface area contributed by atoms with Crippen LogP contribution >= 0.6 is 11.8 Å². The highest BCUT2D eigenvalue weighted by atomic mass is 32.2. The Morgan fingerprint density at radius 3 is 2.90 bits per heavy atom. The summed E-state index contributed by atoms with van der Waals surface area (Å²) in [6.45, 7) is 5.70. The van der Waals surface area contributed by atoms with Gasteiger partial charge in [-0.1, -0.05) is 24.6 Å². The van der Waals surface area contributed by atoms with Gasteiger partial charge in [0.05, 0.1) is 6.26 Å². The molecule has 172 valence electrons. The number of furan rings is 1. The molecular formula is C22H36N6O2S. The number of ether oxygens (including phenoxy) is 1. The molecule has 1 aliphatic rings. The molecule has 2 heterocycles. The second-order valence-corrected chi connectivity index (χ2v) is 8.46. The molecule has 31 heavy (non-hydrogen) atoms. The molecule has 0 amide bonds. The Kier molecular flexibility index (Phi) is 10.2. The fraction of sp³-hybridized carbons (Fsp3) is 0.682. The Morgan fingerprint density at radius 1 is 1.29 bits per heavy atom. The third-order valence-corrected chi connectivity index (χ3v) is 6.01. The molecule has 0 bridgehead atoms. The van der Waals surface area contributed by atoms with E-state index < -0.39 is 0 Å². The molecule has 8 nitrogen and oxygen atoms in total. The zero-order chi connectivity index (χ0) is 21.7. The average Bonchev–Trinajstić information content (AvgIpc) is 3.54. The summed E-state index contributed by atoms with van der Waals surface area (Å²) in [6.07, 6.45) is 11.6. The summed E-state index contributed by atoms with van der Waals surface area (Å²) in [5.74, 6) is 2.82. The number of nitrogens with one attached hydrogen (secondary N) is 2. The van der Waals surface area contributed by atoms with Gasteiger partial charge in [0.25, 0.3) is 0 Å². The maximum absolute atomic E-state index is 5.62. The van der Waals surface area contributed by atoms with Crippen molar-refractivity contribution in [1.82, 2.24) is 25.4 Å². The number of hydrogen-bond donors (Lipinski definition) is 2. The highest BCUT2D eigenvalue weighted by Crippen LogP contribution is 2.33. The van der Waals surface area contributed by atoms with Crippen LogP contribution in [0.4, 0.5) is 0 Å². The molecule has 2 aromatic rings. The monoisotopic (exact) mass is 448 g/mol. The summed E-state index contributed by atoms with van der Waals surface area (Å²) in [6, 6.07) is 4.37. The van der Waals surface area contributed by atoms with Crippen LogP contribution in [-0.4, -0.2) is 53.2 Å². The van der Waals surface area contributed by atoms with E-state index in [0.717, 1.165) is 61.6 Å². The van der Waals surface area contributed by atoms with Gasteiger partial charge in [-0.3, -0.25) is 4.99 Å². The van der Waals surface area contributed by atoms with E-state index in [1.165, 1.54) is 25.7 Å². The number of guanidine groups is 1. The largest absolute Gasteiger partial charge is 0.467 e. The summed E-state index contributed by atoms with van der Waals surface area (Å²) < 4.78 is 13.3. The van der Waals surface area contributed by atoms with Crippen molar-refractivity contribution in [3.8, 4) is 0 Å². The normalized spacial score (nSPS) is 15.0. The van der Waals surface area contributed by atoms with Gasteiger partial charge in [-0.05, 0) is 51.0 Å². The first-order valence-electron chi connectivity index (χ1n) is 11.4. The Bertz CT molecular complexity index is 771. The standard InChI is InChI=1S/C22H36N6O2S/c1-3-23-21(25-14-8-15-29-17-19-11-7-16-30-19)24-13-6-12-20-26-27-22(31-2)28(20)18-9-4-5-10-18/h7,11,16,18H,3-6,8-10,12-15,17H2,1-2H3,(H2,23,24,25). The van der Waals surface area contributed by atoms with Crippen LogP contribution in [-0.2, 0) is 17.8 Å². The third kappa shape index (κ3) is 7.57. The van der Waals surface area contributed by atoms with Crippen LogP contribution in [0, 0.1) is 0 Å². The SMILES string of the molecule is CCNC(=NCCCc1nnc(SC)n1C1CCCC1)NCCCOCc1ccco1. The van der Waals surface area contributed by atoms with E-state index in [1.54, 1.807) is 18.0 Å². The van der Waals surface area contributed by atoms with Crippen molar-refractivity contribution in [3.05, 3.63) is 30.0 Å².